The van der Waals surface area contributed by atoms with Crippen LogP contribution in [0.3, 0.4) is 0 Å². The molecule has 5 heteroatoms. The molecule has 1 amide bonds. The Kier molecular flexibility index (Phi) is 4.99. The smallest absolute Gasteiger partial charge is 0.238 e. The lowest BCUT2D eigenvalue weighted by Gasteiger charge is -2.37. The molecule has 126 valence electrons. The number of nitrogens with one attached hydrogen (secondary N) is 1. The molecule has 1 N–H and O–H groups in total. The van der Waals surface area contributed by atoms with Gasteiger partial charge in [0.25, 0.3) is 0 Å². The van der Waals surface area contributed by atoms with Gasteiger partial charge in [-0.15, -0.1) is 0 Å². The molecule has 0 atom stereocenters. The van der Waals surface area contributed by atoms with Crippen LogP contribution in [0, 0.1) is 0 Å². The lowest BCUT2D eigenvalue weighted by Crippen LogP contribution is -2.47. The van der Waals surface area contributed by atoms with Crippen molar-refractivity contribution in [1.82, 2.24) is 4.90 Å². The number of likely N-dealkylation sites (tertiary alicyclic amines) is 1. The van der Waals surface area contributed by atoms with Crippen molar-refractivity contribution >= 4 is 11.6 Å². The van der Waals surface area contributed by atoms with Gasteiger partial charge in [-0.2, -0.15) is 0 Å². The number of nitrogens with zero attached hydrogens (tertiary/aromatic N) is 1. The molecular weight excluding hydrogens is 292 g/mol. The maximum atomic E-state index is 12.2. The Bertz CT molecular complexity index is 526. The van der Waals surface area contributed by atoms with E-state index in [1.165, 1.54) is 5.56 Å². The Balaban J connectivity index is 1.46. The van der Waals surface area contributed by atoms with E-state index in [1.54, 1.807) is 0 Å². The van der Waals surface area contributed by atoms with E-state index < -0.39 is 0 Å². The molecule has 2 aliphatic heterocycles. The Morgan fingerprint density at radius 3 is 2.35 bits per heavy atom. The Labute approximate surface area is 137 Å². The predicted molar refractivity (Wildman–Crippen MR) is 89.5 cm³/mol. The first kappa shape index (κ1) is 16.4. The molecule has 2 saturated heterocycles. The summed E-state index contributed by atoms with van der Waals surface area (Å²) >= 11 is 0. The van der Waals surface area contributed by atoms with E-state index in [-0.39, 0.29) is 11.7 Å². The normalized spacial score (nSPS) is 21.0. The van der Waals surface area contributed by atoms with Gasteiger partial charge in [-0.05, 0) is 23.6 Å². The molecule has 0 aliphatic carbocycles. The summed E-state index contributed by atoms with van der Waals surface area (Å²) < 4.78 is 11.4. The van der Waals surface area contributed by atoms with Crippen LogP contribution in [0.1, 0.15) is 38.2 Å². The molecule has 1 aromatic rings. The molecule has 1 aromatic carbocycles. The van der Waals surface area contributed by atoms with E-state index in [2.05, 4.69) is 36.2 Å². The van der Waals surface area contributed by atoms with E-state index in [0.717, 1.165) is 31.6 Å². The van der Waals surface area contributed by atoms with Crippen molar-refractivity contribution in [2.45, 2.75) is 38.4 Å². The van der Waals surface area contributed by atoms with Crippen LogP contribution in [0.4, 0.5) is 5.69 Å². The quantitative estimate of drug-likeness (QED) is 0.927. The fraction of sp³-hybridized carbons (Fsp3) is 0.611. The molecule has 0 bridgehead atoms. The molecule has 0 unspecified atom stereocenters. The van der Waals surface area contributed by atoms with Gasteiger partial charge in [0.2, 0.25) is 5.91 Å². The van der Waals surface area contributed by atoms with E-state index in [9.17, 15) is 4.79 Å². The first-order valence-electron chi connectivity index (χ1n) is 8.46. The van der Waals surface area contributed by atoms with Crippen LogP contribution in [0.2, 0.25) is 0 Å². The van der Waals surface area contributed by atoms with Gasteiger partial charge in [0.15, 0.2) is 5.79 Å². The molecule has 3 rings (SSSR count). The topological polar surface area (TPSA) is 50.8 Å². The van der Waals surface area contributed by atoms with Gasteiger partial charge >= 0.3 is 0 Å². The summed E-state index contributed by atoms with van der Waals surface area (Å²) in [7, 11) is 0. The SMILES string of the molecule is CC(C)c1ccc(NC(=O)CN2CCC3(CC2)OCCO3)cc1. The standard InChI is InChI=1S/C18H26N2O3/c1-14(2)15-3-5-16(6-4-15)19-17(21)13-20-9-7-18(8-10-20)22-11-12-23-18/h3-6,14H,7-13H2,1-2H3,(H,19,21). The van der Waals surface area contributed by atoms with Crippen molar-refractivity contribution in [1.29, 1.82) is 0 Å². The Morgan fingerprint density at radius 2 is 1.78 bits per heavy atom. The monoisotopic (exact) mass is 318 g/mol. The number of anilines is 1. The molecule has 0 radical (unpaired) electrons. The second-order valence-electron chi connectivity index (χ2n) is 6.71. The number of hydrogen-bond acceptors (Lipinski definition) is 4. The Hall–Kier alpha value is -1.43. The Morgan fingerprint density at radius 1 is 1.17 bits per heavy atom. The van der Waals surface area contributed by atoms with Crippen LogP contribution < -0.4 is 5.32 Å². The summed E-state index contributed by atoms with van der Waals surface area (Å²) in [5.74, 6) is 0.159. The zero-order valence-corrected chi connectivity index (χ0v) is 14.0. The number of ether oxygens (including phenoxy) is 2. The minimum absolute atomic E-state index is 0.0338. The average molecular weight is 318 g/mol. The third kappa shape index (κ3) is 4.10. The van der Waals surface area contributed by atoms with Crippen LogP contribution in [0.15, 0.2) is 24.3 Å². The van der Waals surface area contributed by atoms with E-state index in [1.807, 2.05) is 12.1 Å². The lowest BCUT2D eigenvalue weighted by atomic mass is 10.0. The van der Waals surface area contributed by atoms with Gasteiger partial charge in [0, 0.05) is 31.6 Å². The van der Waals surface area contributed by atoms with Gasteiger partial charge in [-0.3, -0.25) is 9.69 Å². The maximum absolute atomic E-state index is 12.2. The first-order chi connectivity index (χ1) is 11.1. The van der Waals surface area contributed by atoms with Gasteiger partial charge < -0.3 is 14.8 Å². The van der Waals surface area contributed by atoms with Crippen molar-refractivity contribution < 1.29 is 14.3 Å². The van der Waals surface area contributed by atoms with Gasteiger partial charge in [0.1, 0.15) is 0 Å². The van der Waals surface area contributed by atoms with Crippen molar-refractivity contribution in [3.63, 3.8) is 0 Å². The lowest BCUT2D eigenvalue weighted by molar-refractivity contribution is -0.185. The highest BCUT2D eigenvalue weighted by Gasteiger charge is 2.39. The second kappa shape index (κ2) is 6.99. The van der Waals surface area contributed by atoms with Crippen LogP contribution >= 0.6 is 0 Å². The van der Waals surface area contributed by atoms with Crippen molar-refractivity contribution in [2.24, 2.45) is 0 Å². The number of rotatable bonds is 4. The number of hydrogen-bond donors (Lipinski definition) is 1. The highest BCUT2D eigenvalue weighted by Crippen LogP contribution is 2.31. The third-order valence-corrected chi connectivity index (χ3v) is 4.66. The van der Waals surface area contributed by atoms with Crippen LogP contribution in [0.5, 0.6) is 0 Å². The summed E-state index contributed by atoms with van der Waals surface area (Å²) in [4.78, 5) is 14.4. The summed E-state index contributed by atoms with van der Waals surface area (Å²) in [6.45, 7) is 7.78. The molecule has 2 heterocycles. The molecule has 23 heavy (non-hydrogen) atoms. The predicted octanol–water partition coefficient (Wildman–Crippen LogP) is 2.59. The fourth-order valence-corrected chi connectivity index (χ4v) is 3.19. The van der Waals surface area contributed by atoms with E-state index >= 15 is 0 Å². The maximum Gasteiger partial charge on any atom is 0.238 e. The molecular formula is C18H26N2O3. The summed E-state index contributed by atoms with van der Waals surface area (Å²) in [6, 6.07) is 8.08. The summed E-state index contributed by atoms with van der Waals surface area (Å²) in [6.07, 6.45) is 1.67. The minimum atomic E-state index is -0.375. The number of amides is 1. The summed E-state index contributed by atoms with van der Waals surface area (Å²) in [5.41, 5.74) is 2.14. The largest absolute Gasteiger partial charge is 0.347 e. The fourth-order valence-electron chi connectivity index (χ4n) is 3.19. The minimum Gasteiger partial charge on any atom is -0.347 e. The van der Waals surface area contributed by atoms with E-state index in [4.69, 9.17) is 9.47 Å². The van der Waals surface area contributed by atoms with Gasteiger partial charge in [-0.25, -0.2) is 0 Å². The number of piperidine rings is 1. The summed E-state index contributed by atoms with van der Waals surface area (Å²) in [5, 5.41) is 2.97. The van der Waals surface area contributed by atoms with Crippen molar-refractivity contribution in [2.75, 3.05) is 38.2 Å². The number of carbonyl (C=O) groups is 1. The van der Waals surface area contributed by atoms with Crippen LogP contribution in [0.25, 0.3) is 0 Å². The molecule has 5 nitrogen and oxygen atoms in total. The number of carbonyl (C=O) groups excluding carboxylic acids is 1. The molecule has 0 saturated carbocycles. The van der Waals surface area contributed by atoms with Crippen LogP contribution in [-0.2, 0) is 14.3 Å². The zero-order chi connectivity index (χ0) is 16.3. The number of benzene rings is 1. The van der Waals surface area contributed by atoms with Crippen molar-refractivity contribution in [3.8, 4) is 0 Å². The molecule has 2 aliphatic rings. The average Bonchev–Trinajstić information content (AvgIpc) is 2.99. The highest BCUT2D eigenvalue weighted by molar-refractivity contribution is 5.92. The molecule has 2 fully saturated rings. The third-order valence-electron chi connectivity index (χ3n) is 4.66. The van der Waals surface area contributed by atoms with Crippen LogP contribution in [-0.4, -0.2) is 49.4 Å². The second-order valence-corrected chi connectivity index (χ2v) is 6.71. The van der Waals surface area contributed by atoms with E-state index in [0.29, 0.717) is 25.7 Å². The van der Waals surface area contributed by atoms with Gasteiger partial charge in [-0.1, -0.05) is 26.0 Å². The first-order valence-corrected chi connectivity index (χ1v) is 8.46. The van der Waals surface area contributed by atoms with Crippen molar-refractivity contribution in [3.05, 3.63) is 29.8 Å². The van der Waals surface area contributed by atoms with Gasteiger partial charge in [0.05, 0.1) is 19.8 Å². The highest BCUT2D eigenvalue weighted by atomic mass is 16.7. The molecule has 1 spiro atoms. The zero-order valence-electron chi connectivity index (χ0n) is 14.0. The molecule has 0 aromatic heterocycles.